The lowest BCUT2D eigenvalue weighted by Gasteiger charge is -2.18. The highest BCUT2D eigenvalue weighted by Gasteiger charge is 2.22. The molecule has 0 fully saturated rings. The van der Waals surface area contributed by atoms with Crippen LogP contribution >= 0.6 is 27.3 Å². The zero-order valence-corrected chi connectivity index (χ0v) is 13.3. The normalized spacial score (nSPS) is 13.1. The van der Waals surface area contributed by atoms with Crippen LogP contribution in [0.2, 0.25) is 0 Å². The Hall–Kier alpha value is -0.800. The van der Waals surface area contributed by atoms with Gasteiger partial charge in [0.1, 0.15) is 6.04 Å². The molecule has 104 valence electrons. The largest absolute Gasteiger partial charge is 0.308 e. The van der Waals surface area contributed by atoms with E-state index in [2.05, 4.69) is 36.3 Å². The maximum atomic E-state index is 5.69. The SMILES string of the molecule is CN(C)CCn1ncc(Br)c1C(NN)c1cscn1. The van der Waals surface area contributed by atoms with Gasteiger partial charge in [-0.2, -0.15) is 5.10 Å². The van der Waals surface area contributed by atoms with E-state index in [1.54, 1.807) is 23.0 Å². The van der Waals surface area contributed by atoms with Crippen LogP contribution < -0.4 is 11.3 Å². The van der Waals surface area contributed by atoms with Crippen molar-refractivity contribution in [2.75, 3.05) is 20.6 Å². The van der Waals surface area contributed by atoms with E-state index in [-0.39, 0.29) is 6.04 Å². The van der Waals surface area contributed by atoms with E-state index < -0.39 is 0 Å². The molecule has 0 aliphatic heterocycles. The summed E-state index contributed by atoms with van der Waals surface area (Å²) in [5.74, 6) is 5.69. The Kier molecular flexibility index (Phi) is 5.06. The minimum atomic E-state index is -0.162. The van der Waals surface area contributed by atoms with E-state index in [1.807, 2.05) is 24.2 Å². The molecular weight excluding hydrogens is 328 g/mol. The number of hydrogen-bond donors (Lipinski definition) is 2. The second-order valence-corrected chi connectivity index (χ2v) is 5.99. The lowest BCUT2D eigenvalue weighted by molar-refractivity contribution is 0.365. The molecule has 2 aromatic rings. The molecule has 2 rings (SSSR count). The Morgan fingerprint density at radius 2 is 2.37 bits per heavy atom. The van der Waals surface area contributed by atoms with Gasteiger partial charge in [-0.15, -0.1) is 11.3 Å². The fourth-order valence-electron chi connectivity index (χ4n) is 1.80. The Morgan fingerprint density at radius 3 is 2.95 bits per heavy atom. The van der Waals surface area contributed by atoms with E-state index in [0.29, 0.717) is 0 Å². The molecule has 3 N–H and O–H groups in total. The van der Waals surface area contributed by atoms with Crippen molar-refractivity contribution in [1.29, 1.82) is 0 Å². The van der Waals surface area contributed by atoms with Gasteiger partial charge >= 0.3 is 0 Å². The van der Waals surface area contributed by atoms with Gasteiger partial charge in [0.15, 0.2) is 0 Å². The maximum absolute atomic E-state index is 5.69. The molecule has 0 spiro atoms. The minimum absolute atomic E-state index is 0.162. The molecule has 0 amide bonds. The summed E-state index contributed by atoms with van der Waals surface area (Å²) >= 11 is 5.08. The topological polar surface area (TPSA) is 72.0 Å². The van der Waals surface area contributed by atoms with E-state index in [0.717, 1.165) is 29.0 Å². The number of likely N-dealkylation sites (N-methyl/N-ethyl adjacent to an activating group) is 1. The number of hydrogen-bond acceptors (Lipinski definition) is 6. The molecular formula is C11H17BrN6S. The summed E-state index contributed by atoms with van der Waals surface area (Å²) in [6, 6.07) is -0.162. The van der Waals surface area contributed by atoms with Crippen LogP contribution in [-0.4, -0.2) is 40.3 Å². The van der Waals surface area contributed by atoms with Crippen LogP contribution in [0, 0.1) is 0 Å². The number of halogens is 1. The Morgan fingerprint density at radius 1 is 1.58 bits per heavy atom. The molecule has 2 aromatic heterocycles. The summed E-state index contributed by atoms with van der Waals surface area (Å²) in [5, 5.41) is 6.38. The lowest BCUT2D eigenvalue weighted by atomic mass is 10.1. The molecule has 0 aliphatic carbocycles. The van der Waals surface area contributed by atoms with Gasteiger partial charge in [0.25, 0.3) is 0 Å². The van der Waals surface area contributed by atoms with Crippen molar-refractivity contribution in [3.8, 4) is 0 Å². The molecule has 1 atom stereocenters. The number of nitrogens with one attached hydrogen (secondary N) is 1. The number of thiazole rings is 1. The molecule has 0 aliphatic rings. The van der Waals surface area contributed by atoms with Crippen LogP contribution in [-0.2, 0) is 6.54 Å². The third-order valence-corrected chi connectivity index (χ3v) is 4.00. The van der Waals surface area contributed by atoms with Crippen molar-refractivity contribution in [3.05, 3.63) is 32.9 Å². The highest BCUT2D eigenvalue weighted by Crippen LogP contribution is 2.27. The van der Waals surface area contributed by atoms with Crippen LogP contribution in [0.3, 0.4) is 0 Å². The summed E-state index contributed by atoms with van der Waals surface area (Å²) in [6.07, 6.45) is 1.79. The van der Waals surface area contributed by atoms with Crippen LogP contribution in [0.5, 0.6) is 0 Å². The molecule has 8 heteroatoms. The quantitative estimate of drug-likeness (QED) is 0.608. The fourth-order valence-corrected chi connectivity index (χ4v) is 2.91. The number of nitrogens with zero attached hydrogens (tertiary/aromatic N) is 4. The van der Waals surface area contributed by atoms with E-state index in [9.17, 15) is 0 Å². The zero-order chi connectivity index (χ0) is 13.8. The second kappa shape index (κ2) is 6.58. The first-order chi connectivity index (χ1) is 9.13. The molecule has 1 unspecified atom stereocenters. The Labute approximate surface area is 124 Å². The molecule has 0 bridgehead atoms. The number of rotatable bonds is 6. The monoisotopic (exact) mass is 344 g/mol. The fraction of sp³-hybridized carbons (Fsp3) is 0.455. The van der Waals surface area contributed by atoms with Crippen LogP contribution in [0.4, 0.5) is 0 Å². The predicted octanol–water partition coefficient (Wildman–Crippen LogP) is 1.22. The van der Waals surface area contributed by atoms with Gasteiger partial charge < -0.3 is 4.90 Å². The van der Waals surface area contributed by atoms with Crippen LogP contribution in [0.15, 0.2) is 21.6 Å². The van der Waals surface area contributed by atoms with Gasteiger partial charge in [0, 0.05) is 11.9 Å². The number of aromatic nitrogens is 3. The van der Waals surface area contributed by atoms with Crippen molar-refractivity contribution in [2.45, 2.75) is 12.6 Å². The van der Waals surface area contributed by atoms with E-state index in [4.69, 9.17) is 5.84 Å². The minimum Gasteiger partial charge on any atom is -0.308 e. The first-order valence-electron chi connectivity index (χ1n) is 5.83. The highest BCUT2D eigenvalue weighted by molar-refractivity contribution is 9.10. The third-order valence-electron chi connectivity index (χ3n) is 2.78. The van der Waals surface area contributed by atoms with Gasteiger partial charge in [-0.25, -0.2) is 10.4 Å². The summed E-state index contributed by atoms with van der Waals surface area (Å²) in [4.78, 5) is 6.44. The van der Waals surface area contributed by atoms with Crippen molar-refractivity contribution in [2.24, 2.45) is 5.84 Å². The van der Waals surface area contributed by atoms with Gasteiger partial charge in [0.05, 0.1) is 34.1 Å². The van der Waals surface area contributed by atoms with Crippen LogP contribution in [0.25, 0.3) is 0 Å². The Balaban J connectivity index is 2.29. The Bertz CT molecular complexity index is 509. The summed E-state index contributed by atoms with van der Waals surface area (Å²) in [7, 11) is 4.08. The standard InChI is InChI=1S/C11H17BrN6S/c1-17(2)3-4-18-11(8(12)5-15-18)10(16-13)9-6-19-7-14-9/h5-7,10,16H,3-4,13H2,1-2H3. The predicted molar refractivity (Wildman–Crippen MR) is 79.8 cm³/mol. The summed E-state index contributed by atoms with van der Waals surface area (Å²) in [5.41, 5.74) is 6.51. The summed E-state index contributed by atoms with van der Waals surface area (Å²) in [6.45, 7) is 1.71. The maximum Gasteiger partial charge on any atom is 0.107 e. The molecule has 0 saturated heterocycles. The first kappa shape index (κ1) is 14.6. The van der Waals surface area contributed by atoms with Crippen molar-refractivity contribution in [1.82, 2.24) is 25.1 Å². The second-order valence-electron chi connectivity index (χ2n) is 4.42. The average Bonchev–Trinajstić information content (AvgIpc) is 3.00. The van der Waals surface area contributed by atoms with Gasteiger partial charge in [-0.1, -0.05) is 0 Å². The molecule has 0 aromatic carbocycles. The van der Waals surface area contributed by atoms with Crippen molar-refractivity contribution < 1.29 is 0 Å². The smallest absolute Gasteiger partial charge is 0.107 e. The van der Waals surface area contributed by atoms with Crippen molar-refractivity contribution in [3.63, 3.8) is 0 Å². The van der Waals surface area contributed by atoms with E-state index >= 15 is 0 Å². The zero-order valence-electron chi connectivity index (χ0n) is 10.9. The third kappa shape index (κ3) is 3.40. The molecule has 0 radical (unpaired) electrons. The highest BCUT2D eigenvalue weighted by atomic mass is 79.9. The van der Waals surface area contributed by atoms with Crippen LogP contribution in [0.1, 0.15) is 17.4 Å². The molecule has 6 nitrogen and oxygen atoms in total. The molecule has 19 heavy (non-hydrogen) atoms. The van der Waals surface area contributed by atoms with Crippen molar-refractivity contribution >= 4 is 27.3 Å². The summed E-state index contributed by atoms with van der Waals surface area (Å²) < 4.78 is 2.88. The first-order valence-corrected chi connectivity index (χ1v) is 7.57. The number of hydrazine groups is 1. The molecule has 0 saturated carbocycles. The number of nitrogens with two attached hydrogens (primary N) is 1. The van der Waals surface area contributed by atoms with Gasteiger partial charge in [-0.05, 0) is 30.0 Å². The van der Waals surface area contributed by atoms with Gasteiger partial charge in [-0.3, -0.25) is 10.5 Å². The average molecular weight is 345 g/mol. The lowest BCUT2D eigenvalue weighted by Crippen LogP contribution is -2.32. The molecule has 2 heterocycles. The van der Waals surface area contributed by atoms with Gasteiger partial charge in [0.2, 0.25) is 0 Å². The van der Waals surface area contributed by atoms with E-state index in [1.165, 1.54) is 0 Å².